The van der Waals surface area contributed by atoms with Crippen LogP contribution in [0.2, 0.25) is 0 Å². The zero-order valence-corrected chi connectivity index (χ0v) is 14.4. The third kappa shape index (κ3) is 3.87. The maximum atomic E-state index is 4.66. The fraction of sp³-hybridized carbons (Fsp3) is 0.562. The second-order valence-electron chi connectivity index (χ2n) is 5.64. The van der Waals surface area contributed by atoms with Crippen LogP contribution in [0.25, 0.3) is 0 Å². The number of hydrogen-bond acceptors (Lipinski definition) is 1. The first-order valence-corrected chi connectivity index (χ1v) is 7.46. The summed E-state index contributed by atoms with van der Waals surface area (Å²) in [5.41, 5.74) is 3.02. The monoisotopic (exact) mass is 385 g/mol. The summed E-state index contributed by atoms with van der Waals surface area (Å²) >= 11 is 0. The van der Waals surface area contributed by atoms with E-state index >= 15 is 0 Å². The van der Waals surface area contributed by atoms with Crippen LogP contribution in [0, 0.1) is 5.92 Å². The minimum atomic E-state index is 0. The lowest BCUT2D eigenvalue weighted by molar-refractivity contribution is 0.583. The summed E-state index contributed by atoms with van der Waals surface area (Å²) in [6, 6.07) is 8.75. The number of guanidine groups is 1. The SMILES string of the molecule is CCNC(=NCC1CC1)NCC1Cc2ccccc21.I. The van der Waals surface area contributed by atoms with Gasteiger partial charge in [-0.1, -0.05) is 24.3 Å². The molecule has 0 spiro atoms. The average Bonchev–Trinajstić information content (AvgIpc) is 3.21. The molecule has 0 aromatic heterocycles. The molecule has 1 saturated carbocycles. The summed E-state index contributed by atoms with van der Waals surface area (Å²) in [5, 5.41) is 6.82. The minimum absolute atomic E-state index is 0. The van der Waals surface area contributed by atoms with Crippen molar-refractivity contribution in [2.75, 3.05) is 19.6 Å². The number of nitrogens with one attached hydrogen (secondary N) is 2. The number of benzene rings is 1. The summed E-state index contributed by atoms with van der Waals surface area (Å²) in [4.78, 5) is 4.66. The van der Waals surface area contributed by atoms with E-state index in [0.29, 0.717) is 5.92 Å². The van der Waals surface area contributed by atoms with Gasteiger partial charge >= 0.3 is 0 Å². The van der Waals surface area contributed by atoms with Crippen molar-refractivity contribution in [1.82, 2.24) is 10.6 Å². The first kappa shape index (κ1) is 15.6. The summed E-state index contributed by atoms with van der Waals surface area (Å²) < 4.78 is 0. The number of rotatable bonds is 5. The van der Waals surface area contributed by atoms with Gasteiger partial charge in [-0.2, -0.15) is 0 Å². The molecule has 2 N–H and O–H groups in total. The standard InChI is InChI=1S/C16H23N3.HI/c1-2-17-16(18-10-12-7-8-12)19-11-14-9-13-5-3-4-6-15(13)14;/h3-6,12,14H,2,7-11H2,1H3,(H2,17,18,19);1H. The van der Waals surface area contributed by atoms with Crippen molar-refractivity contribution >= 4 is 29.9 Å². The summed E-state index contributed by atoms with van der Waals surface area (Å²) in [5.74, 6) is 2.49. The van der Waals surface area contributed by atoms with Gasteiger partial charge in [0.2, 0.25) is 0 Å². The molecule has 3 nitrogen and oxygen atoms in total. The molecule has 110 valence electrons. The number of nitrogens with zero attached hydrogens (tertiary/aromatic N) is 1. The molecule has 0 saturated heterocycles. The molecule has 0 bridgehead atoms. The third-order valence-corrected chi connectivity index (χ3v) is 4.03. The Morgan fingerprint density at radius 2 is 2.05 bits per heavy atom. The van der Waals surface area contributed by atoms with Gasteiger partial charge in [-0.05, 0) is 43.2 Å². The van der Waals surface area contributed by atoms with E-state index in [1.54, 1.807) is 0 Å². The van der Waals surface area contributed by atoms with Gasteiger partial charge in [-0.3, -0.25) is 4.99 Å². The van der Waals surface area contributed by atoms with Crippen LogP contribution in [0.15, 0.2) is 29.3 Å². The first-order valence-electron chi connectivity index (χ1n) is 7.46. The van der Waals surface area contributed by atoms with Crippen LogP contribution in [0.3, 0.4) is 0 Å². The van der Waals surface area contributed by atoms with Crippen molar-refractivity contribution in [1.29, 1.82) is 0 Å². The zero-order valence-electron chi connectivity index (χ0n) is 12.1. The Labute approximate surface area is 138 Å². The minimum Gasteiger partial charge on any atom is -0.357 e. The van der Waals surface area contributed by atoms with E-state index in [0.717, 1.165) is 31.5 Å². The van der Waals surface area contributed by atoms with E-state index in [4.69, 9.17) is 0 Å². The Balaban J connectivity index is 0.00000147. The largest absolute Gasteiger partial charge is 0.357 e. The molecule has 0 aliphatic heterocycles. The van der Waals surface area contributed by atoms with E-state index < -0.39 is 0 Å². The second kappa shape index (κ2) is 7.29. The molecular formula is C16H24IN3. The Kier molecular flexibility index (Phi) is 5.69. The van der Waals surface area contributed by atoms with Crippen molar-refractivity contribution in [3.8, 4) is 0 Å². The van der Waals surface area contributed by atoms with Crippen LogP contribution in [0.1, 0.15) is 36.8 Å². The average molecular weight is 385 g/mol. The van der Waals surface area contributed by atoms with Crippen LogP contribution < -0.4 is 10.6 Å². The molecule has 0 radical (unpaired) electrons. The predicted molar refractivity (Wildman–Crippen MR) is 95.0 cm³/mol. The fourth-order valence-corrected chi connectivity index (χ4v) is 2.63. The maximum absolute atomic E-state index is 4.66. The lowest BCUT2D eigenvalue weighted by Gasteiger charge is -2.30. The van der Waals surface area contributed by atoms with Crippen molar-refractivity contribution < 1.29 is 0 Å². The smallest absolute Gasteiger partial charge is 0.191 e. The summed E-state index contributed by atoms with van der Waals surface area (Å²) in [6.07, 6.45) is 3.92. The highest BCUT2D eigenvalue weighted by molar-refractivity contribution is 14.0. The fourth-order valence-electron chi connectivity index (χ4n) is 2.63. The Hall–Kier alpha value is -0.780. The van der Waals surface area contributed by atoms with E-state index in [2.05, 4.69) is 46.8 Å². The Morgan fingerprint density at radius 3 is 2.75 bits per heavy atom. The lowest BCUT2D eigenvalue weighted by Crippen LogP contribution is -2.41. The highest BCUT2D eigenvalue weighted by Gasteiger charge is 2.25. The topological polar surface area (TPSA) is 36.4 Å². The van der Waals surface area contributed by atoms with E-state index in [1.165, 1.54) is 30.4 Å². The van der Waals surface area contributed by atoms with Gasteiger partial charge in [0.15, 0.2) is 5.96 Å². The number of halogens is 1. The number of fused-ring (bicyclic) bond motifs is 1. The molecule has 0 amide bonds. The van der Waals surface area contributed by atoms with Gasteiger partial charge in [-0.25, -0.2) is 0 Å². The number of aliphatic imine (C=N–C) groups is 1. The second-order valence-corrected chi connectivity index (χ2v) is 5.64. The molecule has 3 rings (SSSR count). The molecule has 2 aliphatic rings. The van der Waals surface area contributed by atoms with Gasteiger partial charge in [-0.15, -0.1) is 24.0 Å². The lowest BCUT2D eigenvalue weighted by atomic mass is 9.78. The molecule has 1 fully saturated rings. The molecule has 1 aromatic carbocycles. The van der Waals surface area contributed by atoms with Crippen molar-refractivity contribution in [2.45, 2.75) is 32.1 Å². The van der Waals surface area contributed by atoms with Gasteiger partial charge in [0.05, 0.1) is 0 Å². The highest BCUT2D eigenvalue weighted by atomic mass is 127. The van der Waals surface area contributed by atoms with Crippen molar-refractivity contribution in [3.63, 3.8) is 0 Å². The normalized spacial score (nSPS) is 20.4. The molecule has 4 heteroatoms. The highest BCUT2D eigenvalue weighted by Crippen LogP contribution is 2.34. The molecule has 0 heterocycles. The van der Waals surface area contributed by atoms with Gasteiger partial charge in [0.1, 0.15) is 0 Å². The maximum Gasteiger partial charge on any atom is 0.191 e. The third-order valence-electron chi connectivity index (χ3n) is 4.03. The van der Waals surface area contributed by atoms with E-state index in [1.807, 2.05) is 0 Å². The molecular weight excluding hydrogens is 361 g/mol. The molecule has 2 aliphatic carbocycles. The summed E-state index contributed by atoms with van der Waals surface area (Å²) in [6.45, 7) is 5.02. The zero-order chi connectivity index (χ0) is 13.1. The summed E-state index contributed by atoms with van der Waals surface area (Å²) in [7, 11) is 0. The van der Waals surface area contributed by atoms with Crippen molar-refractivity contribution in [3.05, 3.63) is 35.4 Å². The van der Waals surface area contributed by atoms with Gasteiger partial charge in [0.25, 0.3) is 0 Å². The molecule has 20 heavy (non-hydrogen) atoms. The quantitative estimate of drug-likeness (QED) is 0.465. The van der Waals surface area contributed by atoms with Crippen LogP contribution in [0.5, 0.6) is 0 Å². The van der Waals surface area contributed by atoms with E-state index in [9.17, 15) is 0 Å². The Morgan fingerprint density at radius 1 is 1.25 bits per heavy atom. The first-order chi connectivity index (χ1) is 9.36. The van der Waals surface area contributed by atoms with Crippen LogP contribution in [-0.2, 0) is 6.42 Å². The predicted octanol–water partition coefficient (Wildman–Crippen LogP) is 2.91. The molecule has 1 aromatic rings. The molecule has 1 atom stereocenters. The van der Waals surface area contributed by atoms with Crippen LogP contribution >= 0.6 is 24.0 Å². The molecule has 1 unspecified atom stereocenters. The van der Waals surface area contributed by atoms with Gasteiger partial charge < -0.3 is 10.6 Å². The Bertz CT molecular complexity index is 469. The van der Waals surface area contributed by atoms with Crippen LogP contribution in [0.4, 0.5) is 0 Å². The van der Waals surface area contributed by atoms with Crippen molar-refractivity contribution in [2.24, 2.45) is 10.9 Å². The van der Waals surface area contributed by atoms with E-state index in [-0.39, 0.29) is 24.0 Å². The number of hydrogen-bond donors (Lipinski definition) is 2. The van der Waals surface area contributed by atoms with Gasteiger partial charge in [0, 0.05) is 25.6 Å². The van der Waals surface area contributed by atoms with Crippen LogP contribution in [-0.4, -0.2) is 25.6 Å².